The highest BCUT2D eigenvalue weighted by Crippen LogP contribution is 2.29. The Morgan fingerprint density at radius 3 is 2.45 bits per heavy atom. The van der Waals surface area contributed by atoms with E-state index in [1.807, 2.05) is 0 Å². The van der Waals surface area contributed by atoms with Crippen LogP contribution in [0.4, 0.5) is 10.1 Å². The van der Waals surface area contributed by atoms with Gasteiger partial charge in [-0.25, -0.2) is 12.8 Å². The molecule has 4 nitrogen and oxygen atoms in total. The van der Waals surface area contributed by atoms with E-state index < -0.39 is 15.8 Å². The highest BCUT2D eigenvalue weighted by Gasteiger charge is 2.31. The van der Waals surface area contributed by atoms with Crippen LogP contribution in [0.15, 0.2) is 17.0 Å². The molecule has 1 fully saturated rings. The Labute approximate surface area is 119 Å². The highest BCUT2D eigenvalue weighted by atomic mass is 32.2. The van der Waals surface area contributed by atoms with Gasteiger partial charge < -0.3 is 5.73 Å². The maximum atomic E-state index is 14.1. The third-order valence-electron chi connectivity index (χ3n) is 3.99. The minimum Gasteiger partial charge on any atom is -0.399 e. The van der Waals surface area contributed by atoms with Crippen molar-refractivity contribution in [2.24, 2.45) is 0 Å². The summed E-state index contributed by atoms with van der Waals surface area (Å²) in [5.74, 6) is -0.707. The van der Waals surface area contributed by atoms with Gasteiger partial charge in [0.05, 0.1) is 0 Å². The molecule has 1 aliphatic rings. The topological polar surface area (TPSA) is 63.4 Å². The fourth-order valence-electron chi connectivity index (χ4n) is 2.75. The molecule has 1 aromatic carbocycles. The van der Waals surface area contributed by atoms with E-state index in [0.29, 0.717) is 0 Å². The summed E-state index contributed by atoms with van der Waals surface area (Å²) in [5.41, 5.74) is 6.17. The summed E-state index contributed by atoms with van der Waals surface area (Å²) in [4.78, 5) is -0.317. The molecule has 0 bridgehead atoms. The van der Waals surface area contributed by atoms with Crippen LogP contribution in [0.1, 0.15) is 37.7 Å². The standard InChI is InChI=1S/C14H21FN2O2S/c1-10-8-11(16)9-13(14(10)15)20(18,19)17(2)12-6-4-3-5-7-12/h8-9,12H,3-7,16H2,1-2H3. The molecule has 2 rings (SSSR count). The predicted molar refractivity (Wildman–Crippen MR) is 77.4 cm³/mol. The van der Waals surface area contributed by atoms with Crippen LogP contribution in [0.25, 0.3) is 0 Å². The highest BCUT2D eigenvalue weighted by molar-refractivity contribution is 7.89. The van der Waals surface area contributed by atoms with Crippen LogP contribution >= 0.6 is 0 Å². The minimum absolute atomic E-state index is 0.0464. The maximum absolute atomic E-state index is 14.1. The lowest BCUT2D eigenvalue weighted by atomic mass is 9.96. The van der Waals surface area contributed by atoms with Crippen LogP contribution in [0.5, 0.6) is 0 Å². The van der Waals surface area contributed by atoms with E-state index in [1.165, 1.54) is 30.4 Å². The van der Waals surface area contributed by atoms with Gasteiger partial charge in [0, 0.05) is 18.8 Å². The number of hydrogen-bond donors (Lipinski definition) is 1. The van der Waals surface area contributed by atoms with E-state index in [2.05, 4.69) is 0 Å². The first-order valence-corrected chi connectivity index (χ1v) is 8.31. The summed E-state index contributed by atoms with van der Waals surface area (Å²) >= 11 is 0. The zero-order valence-electron chi connectivity index (χ0n) is 11.9. The van der Waals surface area contributed by atoms with Crippen LogP contribution < -0.4 is 5.73 Å². The third-order valence-corrected chi connectivity index (χ3v) is 5.90. The number of anilines is 1. The molecule has 0 heterocycles. The molecule has 1 aliphatic carbocycles. The second kappa shape index (κ2) is 5.69. The van der Waals surface area contributed by atoms with E-state index in [0.717, 1.165) is 32.1 Å². The number of halogens is 1. The molecule has 0 unspecified atom stereocenters. The average Bonchev–Trinajstić information content (AvgIpc) is 2.42. The number of sulfonamides is 1. The van der Waals surface area contributed by atoms with Crippen LogP contribution in [-0.4, -0.2) is 25.8 Å². The van der Waals surface area contributed by atoms with Crippen molar-refractivity contribution < 1.29 is 12.8 Å². The van der Waals surface area contributed by atoms with Gasteiger partial charge in [-0.3, -0.25) is 0 Å². The molecule has 1 aromatic rings. The summed E-state index contributed by atoms with van der Waals surface area (Å²) in [7, 11) is -2.30. The van der Waals surface area contributed by atoms with E-state index in [4.69, 9.17) is 5.73 Å². The quantitative estimate of drug-likeness (QED) is 0.873. The summed E-state index contributed by atoms with van der Waals surface area (Å²) in [6, 6.07) is 2.60. The molecule has 0 saturated heterocycles. The number of aryl methyl sites for hydroxylation is 1. The summed E-state index contributed by atoms with van der Waals surface area (Å²) in [6.07, 6.45) is 4.83. The second-order valence-corrected chi connectivity index (χ2v) is 7.43. The van der Waals surface area contributed by atoms with Crippen LogP contribution in [-0.2, 0) is 10.0 Å². The van der Waals surface area contributed by atoms with Crippen LogP contribution in [0.2, 0.25) is 0 Å². The number of benzene rings is 1. The van der Waals surface area contributed by atoms with Gasteiger partial charge in [0.1, 0.15) is 10.7 Å². The molecule has 20 heavy (non-hydrogen) atoms. The van der Waals surface area contributed by atoms with Gasteiger partial charge in [0.25, 0.3) is 0 Å². The fourth-order valence-corrected chi connectivity index (χ4v) is 4.33. The normalized spacial score (nSPS) is 17.6. The molecule has 0 aromatic heterocycles. The Morgan fingerprint density at radius 2 is 1.85 bits per heavy atom. The van der Waals surface area contributed by atoms with Crippen molar-refractivity contribution in [2.45, 2.75) is 50.0 Å². The first kappa shape index (κ1) is 15.3. The van der Waals surface area contributed by atoms with Crippen molar-refractivity contribution in [3.8, 4) is 0 Å². The predicted octanol–water partition coefficient (Wildman–Crippen LogP) is 2.67. The summed E-state index contributed by atoms with van der Waals surface area (Å²) in [5, 5.41) is 0. The summed E-state index contributed by atoms with van der Waals surface area (Å²) in [6.45, 7) is 1.52. The molecule has 112 valence electrons. The van der Waals surface area contributed by atoms with Gasteiger partial charge in [-0.2, -0.15) is 4.31 Å². The molecule has 0 aliphatic heterocycles. The fraction of sp³-hybridized carbons (Fsp3) is 0.571. The van der Waals surface area contributed by atoms with Crippen LogP contribution in [0.3, 0.4) is 0 Å². The largest absolute Gasteiger partial charge is 0.399 e. The van der Waals surface area contributed by atoms with Crippen molar-refractivity contribution in [2.75, 3.05) is 12.8 Å². The Hall–Kier alpha value is -1.14. The van der Waals surface area contributed by atoms with Crippen molar-refractivity contribution >= 4 is 15.7 Å². The molecule has 6 heteroatoms. The SMILES string of the molecule is Cc1cc(N)cc(S(=O)(=O)N(C)C2CCCCC2)c1F. The number of nitrogen functional groups attached to an aromatic ring is 1. The zero-order chi connectivity index (χ0) is 14.9. The van der Waals surface area contributed by atoms with Gasteiger partial charge in [-0.05, 0) is 37.5 Å². The number of nitrogens with zero attached hydrogens (tertiary/aromatic N) is 1. The van der Waals surface area contributed by atoms with Crippen molar-refractivity contribution in [1.29, 1.82) is 0 Å². The zero-order valence-corrected chi connectivity index (χ0v) is 12.7. The van der Waals surface area contributed by atoms with Crippen LogP contribution in [0, 0.1) is 12.7 Å². The van der Waals surface area contributed by atoms with E-state index in [-0.39, 0.29) is 22.2 Å². The molecule has 0 spiro atoms. The summed E-state index contributed by atoms with van der Waals surface area (Å²) < 4.78 is 40.6. The Balaban J connectivity index is 2.39. The molecular weight excluding hydrogens is 279 g/mol. The third kappa shape index (κ3) is 2.81. The van der Waals surface area contributed by atoms with Crippen molar-refractivity contribution in [3.05, 3.63) is 23.5 Å². The van der Waals surface area contributed by atoms with Crippen molar-refractivity contribution in [1.82, 2.24) is 4.31 Å². The number of nitrogens with two attached hydrogens (primary N) is 1. The number of rotatable bonds is 3. The number of hydrogen-bond acceptors (Lipinski definition) is 3. The van der Waals surface area contributed by atoms with Gasteiger partial charge in [0.2, 0.25) is 10.0 Å². The van der Waals surface area contributed by atoms with Gasteiger partial charge >= 0.3 is 0 Å². The lowest BCUT2D eigenvalue weighted by Crippen LogP contribution is -2.38. The first-order chi connectivity index (χ1) is 9.34. The Bertz CT molecular complexity index is 595. The van der Waals surface area contributed by atoms with Gasteiger partial charge in [-0.15, -0.1) is 0 Å². The second-order valence-electron chi connectivity index (χ2n) is 5.46. The monoisotopic (exact) mass is 300 g/mol. The van der Waals surface area contributed by atoms with Crippen molar-refractivity contribution in [3.63, 3.8) is 0 Å². The molecule has 0 atom stereocenters. The molecule has 1 saturated carbocycles. The smallest absolute Gasteiger partial charge is 0.246 e. The first-order valence-electron chi connectivity index (χ1n) is 6.87. The minimum atomic E-state index is -3.84. The lowest BCUT2D eigenvalue weighted by Gasteiger charge is -2.30. The average molecular weight is 300 g/mol. The van der Waals surface area contributed by atoms with Gasteiger partial charge in [-0.1, -0.05) is 19.3 Å². The van der Waals surface area contributed by atoms with E-state index in [1.54, 1.807) is 0 Å². The van der Waals surface area contributed by atoms with E-state index in [9.17, 15) is 12.8 Å². The lowest BCUT2D eigenvalue weighted by molar-refractivity contribution is 0.285. The molecule has 2 N–H and O–H groups in total. The van der Waals surface area contributed by atoms with E-state index >= 15 is 0 Å². The Morgan fingerprint density at radius 1 is 1.25 bits per heavy atom. The Kier molecular flexibility index (Phi) is 4.34. The molecular formula is C14H21FN2O2S. The molecule has 0 amide bonds. The maximum Gasteiger partial charge on any atom is 0.246 e. The molecule has 0 radical (unpaired) electrons. The van der Waals surface area contributed by atoms with Gasteiger partial charge in [0.15, 0.2) is 0 Å².